The fraction of sp³-hybridized carbons (Fsp3) is 0.556. The van der Waals surface area contributed by atoms with Crippen molar-refractivity contribution in [3.05, 3.63) is 33.1 Å². The van der Waals surface area contributed by atoms with Crippen molar-refractivity contribution in [1.29, 1.82) is 0 Å². The van der Waals surface area contributed by atoms with Crippen LogP contribution in [0.1, 0.15) is 19.1 Å². The molecule has 0 amide bonds. The van der Waals surface area contributed by atoms with Gasteiger partial charge in [-0.25, -0.2) is 4.79 Å². The summed E-state index contributed by atoms with van der Waals surface area (Å²) < 4.78 is 11.5. The monoisotopic (exact) mass is 276 g/mol. The van der Waals surface area contributed by atoms with Crippen LogP contribution in [0.15, 0.2) is 21.9 Å². The average Bonchev–Trinajstić information content (AvgIpc) is 2.75. The third kappa shape index (κ3) is 3.24. The molecule has 2 atom stereocenters. The van der Waals surface area contributed by atoms with Crippen molar-refractivity contribution in [3.8, 4) is 0 Å². The molecule has 0 spiro atoms. The first kappa shape index (κ1) is 13.4. The van der Waals surface area contributed by atoms with Crippen molar-refractivity contribution in [2.45, 2.75) is 25.2 Å². The summed E-state index contributed by atoms with van der Waals surface area (Å²) in [6.07, 6.45) is 1.85. The number of H-pyrrole nitrogens is 1. The van der Waals surface area contributed by atoms with Gasteiger partial charge < -0.3 is 19.0 Å². The summed E-state index contributed by atoms with van der Waals surface area (Å²) in [4.78, 5) is 41.8. The summed E-state index contributed by atoms with van der Waals surface area (Å²) >= 11 is 0. The van der Waals surface area contributed by atoms with E-state index >= 15 is 0 Å². The van der Waals surface area contributed by atoms with Crippen molar-refractivity contribution in [3.63, 3.8) is 0 Å². The van der Waals surface area contributed by atoms with Gasteiger partial charge in [0.1, 0.15) is 6.23 Å². The maximum Gasteiger partial charge on any atom is 0.330 e. The molecule has 1 fully saturated rings. The first-order chi connectivity index (χ1) is 8.56. The molecule has 0 aliphatic carbocycles. The van der Waals surface area contributed by atoms with E-state index < -0.39 is 26.1 Å². The zero-order valence-electron chi connectivity index (χ0n) is 9.35. The summed E-state index contributed by atoms with van der Waals surface area (Å²) in [5.41, 5.74) is -0.985. The lowest BCUT2D eigenvalue weighted by atomic mass is 10.2. The van der Waals surface area contributed by atoms with E-state index in [1.54, 1.807) is 0 Å². The molecule has 8 nitrogen and oxygen atoms in total. The molecule has 0 saturated carbocycles. The Labute approximate surface area is 103 Å². The van der Waals surface area contributed by atoms with Crippen molar-refractivity contribution in [1.82, 2.24) is 9.55 Å². The van der Waals surface area contributed by atoms with E-state index in [2.05, 4.69) is 9.51 Å². The molecular formula is C9H13N2O6P. The van der Waals surface area contributed by atoms with E-state index in [1.165, 1.54) is 16.8 Å². The van der Waals surface area contributed by atoms with Gasteiger partial charge in [-0.05, 0) is 12.8 Å². The summed E-state index contributed by atoms with van der Waals surface area (Å²) in [6.45, 7) is 0.0628. The first-order valence-corrected chi connectivity index (χ1v) is 6.50. The number of aromatic amines is 1. The molecule has 2 heterocycles. The highest BCUT2D eigenvalue weighted by atomic mass is 31.2. The summed E-state index contributed by atoms with van der Waals surface area (Å²) in [5, 5.41) is 0. The molecule has 2 rings (SSSR count). The maximum atomic E-state index is 11.5. The Kier molecular flexibility index (Phi) is 4.26. The van der Waals surface area contributed by atoms with Crippen LogP contribution < -0.4 is 11.2 Å². The Bertz CT molecular complexity index is 512. The van der Waals surface area contributed by atoms with Gasteiger partial charge in [-0.3, -0.25) is 14.3 Å². The number of hydrogen-bond acceptors (Lipinski definition) is 6. The second-order valence-corrected chi connectivity index (χ2v) is 4.62. The van der Waals surface area contributed by atoms with Gasteiger partial charge in [0.05, 0.1) is 12.7 Å². The minimum atomic E-state index is -2.39. The van der Waals surface area contributed by atoms with Gasteiger partial charge in [0, 0.05) is 12.3 Å². The lowest BCUT2D eigenvalue weighted by Crippen LogP contribution is -2.31. The second kappa shape index (κ2) is 5.73. The molecule has 18 heavy (non-hydrogen) atoms. The van der Waals surface area contributed by atoms with Crippen LogP contribution in [0.25, 0.3) is 0 Å². The fourth-order valence-electron chi connectivity index (χ4n) is 1.82. The predicted octanol–water partition coefficient (Wildman–Crippen LogP) is -0.558. The van der Waals surface area contributed by atoms with Crippen LogP contribution in [0, 0.1) is 0 Å². The quantitative estimate of drug-likeness (QED) is 0.635. The summed E-state index contributed by atoms with van der Waals surface area (Å²) in [5.74, 6) is 0. The van der Waals surface area contributed by atoms with Crippen molar-refractivity contribution < 1.29 is 19.0 Å². The number of rotatable bonds is 4. The van der Waals surface area contributed by atoms with E-state index in [0.29, 0.717) is 12.8 Å². The summed E-state index contributed by atoms with van der Waals surface area (Å²) in [7, 11) is -2.39. The molecule has 1 aromatic rings. The van der Waals surface area contributed by atoms with Crippen LogP contribution >= 0.6 is 8.60 Å². The Balaban J connectivity index is 2.00. The van der Waals surface area contributed by atoms with Crippen LogP contribution in [0.5, 0.6) is 0 Å². The molecule has 1 aromatic heterocycles. The van der Waals surface area contributed by atoms with Gasteiger partial charge in [0.2, 0.25) is 0 Å². The normalized spacial score (nSPS) is 23.7. The van der Waals surface area contributed by atoms with Crippen LogP contribution in [-0.2, 0) is 9.26 Å². The molecule has 3 N–H and O–H groups in total. The molecule has 0 bridgehead atoms. The molecule has 0 radical (unpaired) electrons. The number of aromatic nitrogens is 2. The Hall–Kier alpha value is -1.05. The third-order valence-corrected chi connectivity index (χ3v) is 3.00. The van der Waals surface area contributed by atoms with Crippen LogP contribution in [0.2, 0.25) is 0 Å². The molecule has 1 saturated heterocycles. The molecule has 100 valence electrons. The molecule has 0 aromatic carbocycles. The lowest BCUT2D eigenvalue weighted by molar-refractivity contribution is -0.0216. The minimum Gasteiger partial charge on any atom is -0.352 e. The summed E-state index contributed by atoms with van der Waals surface area (Å²) in [6, 6.07) is 1.25. The van der Waals surface area contributed by atoms with Gasteiger partial charge in [-0.15, -0.1) is 0 Å². The smallest absolute Gasteiger partial charge is 0.330 e. The average molecular weight is 276 g/mol. The van der Waals surface area contributed by atoms with Crippen LogP contribution in [-0.4, -0.2) is 32.0 Å². The predicted molar refractivity (Wildman–Crippen MR) is 61.8 cm³/mol. The topological polar surface area (TPSA) is 114 Å². The van der Waals surface area contributed by atoms with Gasteiger partial charge >= 0.3 is 14.3 Å². The Morgan fingerprint density at radius 2 is 2.28 bits per heavy atom. The van der Waals surface area contributed by atoms with Gasteiger partial charge in [0.25, 0.3) is 5.56 Å². The number of nitrogens with one attached hydrogen (secondary N) is 1. The molecule has 9 heteroatoms. The van der Waals surface area contributed by atoms with E-state index in [0.717, 1.165) is 0 Å². The lowest BCUT2D eigenvalue weighted by Gasteiger charge is -2.15. The number of ether oxygens (including phenoxy) is 1. The zero-order valence-corrected chi connectivity index (χ0v) is 10.2. The fourth-order valence-corrected chi connectivity index (χ4v) is 2.12. The zero-order chi connectivity index (χ0) is 13.1. The van der Waals surface area contributed by atoms with Gasteiger partial charge in [-0.1, -0.05) is 0 Å². The number of nitrogens with zero attached hydrogens (tertiary/aromatic N) is 1. The SMILES string of the molecule is O=c1ccn(C2CCC(COP(O)O)O2)c(=O)[nH]1. The highest BCUT2D eigenvalue weighted by molar-refractivity contribution is 7.39. The largest absolute Gasteiger partial charge is 0.352 e. The van der Waals surface area contributed by atoms with E-state index in [9.17, 15) is 9.59 Å². The number of hydrogen-bond donors (Lipinski definition) is 3. The van der Waals surface area contributed by atoms with E-state index in [4.69, 9.17) is 14.5 Å². The van der Waals surface area contributed by atoms with Gasteiger partial charge in [0.15, 0.2) is 0 Å². The molecular weight excluding hydrogens is 263 g/mol. The third-order valence-electron chi connectivity index (χ3n) is 2.62. The van der Waals surface area contributed by atoms with Crippen molar-refractivity contribution >= 4 is 8.60 Å². The standard InChI is InChI=1S/C9H13N2O6P/c12-7-3-4-11(9(13)10-7)8-2-1-6(17-8)5-16-18(14)15/h3-4,6,8,14-15H,1-2,5H2,(H,10,12,13). The maximum absolute atomic E-state index is 11.5. The minimum absolute atomic E-state index is 0.0628. The Morgan fingerprint density at radius 1 is 1.50 bits per heavy atom. The first-order valence-electron chi connectivity index (χ1n) is 5.34. The van der Waals surface area contributed by atoms with E-state index in [1.807, 2.05) is 0 Å². The second-order valence-electron chi connectivity index (χ2n) is 3.86. The van der Waals surface area contributed by atoms with Crippen LogP contribution in [0.3, 0.4) is 0 Å². The van der Waals surface area contributed by atoms with Crippen molar-refractivity contribution in [2.75, 3.05) is 6.61 Å². The molecule has 2 unspecified atom stereocenters. The highest BCUT2D eigenvalue weighted by Gasteiger charge is 2.27. The van der Waals surface area contributed by atoms with E-state index in [-0.39, 0.29) is 12.7 Å². The van der Waals surface area contributed by atoms with Crippen molar-refractivity contribution in [2.24, 2.45) is 0 Å². The molecule has 1 aliphatic heterocycles. The van der Waals surface area contributed by atoms with Crippen LogP contribution in [0.4, 0.5) is 0 Å². The molecule has 1 aliphatic rings. The Morgan fingerprint density at radius 3 is 2.94 bits per heavy atom. The highest BCUT2D eigenvalue weighted by Crippen LogP contribution is 2.31. The van der Waals surface area contributed by atoms with Gasteiger partial charge in [-0.2, -0.15) is 0 Å².